The van der Waals surface area contributed by atoms with Crippen LogP contribution in [0.4, 0.5) is 0 Å². The van der Waals surface area contributed by atoms with Crippen LogP contribution in [0.2, 0.25) is 0 Å². The van der Waals surface area contributed by atoms with Crippen LogP contribution in [0, 0.1) is 0 Å². The van der Waals surface area contributed by atoms with Gasteiger partial charge in [0.05, 0.1) is 0 Å². The second kappa shape index (κ2) is 11.9. The van der Waals surface area contributed by atoms with E-state index in [4.69, 9.17) is 12.6 Å². The van der Waals surface area contributed by atoms with Crippen LogP contribution in [0.15, 0.2) is 83.8 Å². The Hall–Kier alpha value is -0.756. The fraction of sp³-hybridized carbons (Fsp3) is 0.333. The molecule has 0 saturated carbocycles. The Bertz CT molecular complexity index is 622. The zero-order valence-electron chi connectivity index (χ0n) is 17.0. The van der Waals surface area contributed by atoms with E-state index in [1.165, 1.54) is 11.1 Å². The first-order valence-corrected chi connectivity index (χ1v) is 9.18. The van der Waals surface area contributed by atoms with Gasteiger partial charge >= 0.3 is 32.7 Å². The zero-order valence-corrected chi connectivity index (χ0v) is 20.6. The third-order valence-electron chi connectivity index (χ3n) is 3.80. The van der Waals surface area contributed by atoms with Gasteiger partial charge in [0.25, 0.3) is 0 Å². The summed E-state index contributed by atoms with van der Waals surface area (Å²) in [7, 11) is 0. The number of rotatable bonds is 0. The van der Waals surface area contributed by atoms with Gasteiger partial charge in [-0.3, -0.25) is 0 Å². The van der Waals surface area contributed by atoms with Crippen molar-refractivity contribution in [2.24, 2.45) is 0 Å². The molecule has 3 aromatic carbocycles. The van der Waals surface area contributed by atoms with Gasteiger partial charge in [-0.1, -0.05) is 82.7 Å². The smallest absolute Gasteiger partial charge is 0.780 e. The van der Waals surface area contributed by atoms with Crippen molar-refractivity contribution in [3.63, 3.8) is 0 Å². The van der Waals surface area contributed by atoms with Crippen molar-refractivity contribution in [2.45, 2.75) is 57.3 Å². The normalized spacial score (nSPS) is 10.5. The minimum Gasteiger partial charge on any atom is -0.780 e. The molecule has 2 heteroatoms. The molecule has 0 aliphatic carbocycles. The van der Waals surface area contributed by atoms with E-state index in [0.29, 0.717) is 10.8 Å². The molecule has 26 heavy (non-hydrogen) atoms. The van der Waals surface area contributed by atoms with Crippen molar-refractivity contribution in [1.29, 1.82) is 0 Å². The van der Waals surface area contributed by atoms with E-state index < -0.39 is 0 Å². The van der Waals surface area contributed by atoms with Crippen LogP contribution in [0.25, 0.3) is 0 Å². The maximum Gasteiger partial charge on any atom is 3.00 e. The summed E-state index contributed by atoms with van der Waals surface area (Å²) in [4.78, 5) is 0.905. The third kappa shape index (κ3) is 10.4. The summed E-state index contributed by atoms with van der Waals surface area (Å²) in [5.41, 5.74) is 3.48. The average Bonchev–Trinajstić information content (AvgIpc) is 3.22. The molecular formula is C24H31SY. The molecule has 0 N–H and O–H groups in total. The van der Waals surface area contributed by atoms with Gasteiger partial charge in [-0.15, -0.1) is 0 Å². The summed E-state index contributed by atoms with van der Waals surface area (Å²) in [6.07, 6.45) is 0. The van der Waals surface area contributed by atoms with E-state index in [-0.39, 0.29) is 32.7 Å². The minimum atomic E-state index is 0. The molecule has 0 unspecified atom stereocenters. The van der Waals surface area contributed by atoms with Gasteiger partial charge in [0, 0.05) is 0 Å². The Labute approximate surface area is 191 Å². The first kappa shape index (κ1) is 25.2. The molecule has 0 heterocycles. The fourth-order valence-corrected chi connectivity index (χ4v) is 2.33. The van der Waals surface area contributed by atoms with Crippen LogP contribution in [0.5, 0.6) is 0 Å². The number of benzene rings is 1. The molecule has 0 saturated heterocycles. The van der Waals surface area contributed by atoms with Crippen LogP contribution in [-0.2, 0) is 56.2 Å². The van der Waals surface area contributed by atoms with E-state index in [0.717, 1.165) is 4.90 Å². The molecule has 3 aromatic rings. The van der Waals surface area contributed by atoms with Gasteiger partial charge in [0.2, 0.25) is 0 Å². The van der Waals surface area contributed by atoms with Gasteiger partial charge in [0.1, 0.15) is 0 Å². The zero-order chi connectivity index (χ0) is 18.9. The van der Waals surface area contributed by atoms with Crippen LogP contribution < -0.4 is 0 Å². The largest absolute Gasteiger partial charge is 3.00 e. The molecule has 0 radical (unpaired) electrons. The van der Waals surface area contributed by atoms with Crippen molar-refractivity contribution in [1.82, 2.24) is 0 Å². The SMILES string of the molecule is CC(C)(C)[c-]1cccc1.CC(C)(C)[c-]1cccc1.[S-]c1ccccc1.[Y+3]. The molecule has 0 spiro atoms. The maximum atomic E-state index is 4.81. The fourth-order valence-electron chi connectivity index (χ4n) is 2.17. The minimum absolute atomic E-state index is 0. The van der Waals surface area contributed by atoms with E-state index in [1.54, 1.807) is 0 Å². The first-order valence-electron chi connectivity index (χ1n) is 8.77. The van der Waals surface area contributed by atoms with Crippen LogP contribution in [0.3, 0.4) is 0 Å². The monoisotopic (exact) mass is 440 g/mol. The Morgan fingerprint density at radius 2 is 0.885 bits per heavy atom. The van der Waals surface area contributed by atoms with Crippen molar-refractivity contribution in [3.05, 3.63) is 90.0 Å². The van der Waals surface area contributed by atoms with Crippen LogP contribution >= 0.6 is 0 Å². The summed E-state index contributed by atoms with van der Waals surface area (Å²) in [5.74, 6) is 0. The Morgan fingerprint density at radius 1 is 0.577 bits per heavy atom. The molecule has 0 aromatic heterocycles. The average molecular weight is 440 g/mol. The van der Waals surface area contributed by atoms with Gasteiger partial charge in [-0.2, -0.15) is 40.3 Å². The van der Waals surface area contributed by atoms with Gasteiger partial charge in [-0.05, 0) is 0 Å². The van der Waals surface area contributed by atoms with Gasteiger partial charge in [0.15, 0.2) is 0 Å². The van der Waals surface area contributed by atoms with E-state index in [2.05, 4.69) is 90.1 Å². The molecular weight excluding hydrogens is 409 g/mol. The van der Waals surface area contributed by atoms with Crippen molar-refractivity contribution < 1.29 is 32.7 Å². The Morgan fingerprint density at radius 3 is 1.04 bits per heavy atom. The Kier molecular flexibility index (Phi) is 11.5. The van der Waals surface area contributed by atoms with Crippen molar-refractivity contribution in [2.75, 3.05) is 0 Å². The molecule has 0 fully saturated rings. The van der Waals surface area contributed by atoms with Gasteiger partial charge in [-0.25, -0.2) is 24.3 Å². The van der Waals surface area contributed by atoms with Crippen molar-refractivity contribution in [3.8, 4) is 0 Å². The second-order valence-electron chi connectivity index (χ2n) is 8.16. The molecule has 136 valence electrons. The van der Waals surface area contributed by atoms with E-state index in [9.17, 15) is 0 Å². The summed E-state index contributed by atoms with van der Waals surface area (Å²) >= 11 is 4.81. The van der Waals surface area contributed by atoms with E-state index >= 15 is 0 Å². The maximum absolute atomic E-state index is 4.81. The predicted molar refractivity (Wildman–Crippen MR) is 114 cm³/mol. The summed E-state index contributed by atoms with van der Waals surface area (Å²) in [5, 5.41) is 0. The Balaban J connectivity index is 0.000000357. The molecule has 0 nitrogen and oxygen atoms in total. The van der Waals surface area contributed by atoms with Crippen LogP contribution in [-0.4, -0.2) is 0 Å². The molecule has 0 bridgehead atoms. The number of hydrogen-bond acceptors (Lipinski definition) is 1. The summed E-state index contributed by atoms with van der Waals surface area (Å²) in [6.45, 7) is 13.3. The second-order valence-corrected chi connectivity index (χ2v) is 8.63. The molecule has 0 aliphatic heterocycles. The first-order chi connectivity index (χ1) is 11.6. The van der Waals surface area contributed by atoms with Crippen molar-refractivity contribution >= 4 is 12.6 Å². The molecule has 0 aliphatic rings. The topological polar surface area (TPSA) is 0 Å². The van der Waals surface area contributed by atoms with Gasteiger partial charge < -0.3 is 12.6 Å². The third-order valence-corrected chi connectivity index (χ3v) is 4.07. The quantitative estimate of drug-likeness (QED) is 0.268. The predicted octanol–water partition coefficient (Wildman–Crippen LogP) is 7.00. The summed E-state index contributed by atoms with van der Waals surface area (Å²) < 4.78 is 0. The number of hydrogen-bond donors (Lipinski definition) is 0. The van der Waals surface area contributed by atoms with Crippen LogP contribution in [0.1, 0.15) is 52.7 Å². The molecule has 3 rings (SSSR count). The van der Waals surface area contributed by atoms with E-state index in [1.807, 2.05) is 30.3 Å². The molecule has 0 amide bonds. The standard InChI is InChI=1S/2C9H13.C6H6S.Y/c2*1-9(2,3)8-6-4-5-7-8;7-6-4-2-1-3-5-6;/h2*4-7H,1-3H3;1-5,7H;/q2*-1;;+3/p-1. The summed E-state index contributed by atoms with van der Waals surface area (Å²) in [6, 6.07) is 26.6. The molecule has 0 atom stereocenters.